The SMILES string of the molecule is CCC(N)c1cccc(OCC(C)C)c1. The second-order valence-corrected chi connectivity index (χ2v) is 4.29. The van der Waals surface area contributed by atoms with Gasteiger partial charge >= 0.3 is 0 Å². The van der Waals surface area contributed by atoms with Crippen LogP contribution in [0.1, 0.15) is 38.8 Å². The summed E-state index contributed by atoms with van der Waals surface area (Å²) in [5.74, 6) is 1.47. The molecule has 1 aromatic rings. The molecular formula is C13H21NO. The molecule has 0 saturated carbocycles. The lowest BCUT2D eigenvalue weighted by Gasteiger charge is -2.12. The van der Waals surface area contributed by atoms with Crippen molar-refractivity contribution in [2.45, 2.75) is 33.2 Å². The van der Waals surface area contributed by atoms with Crippen LogP contribution in [0.15, 0.2) is 24.3 Å². The van der Waals surface area contributed by atoms with Crippen molar-refractivity contribution in [1.82, 2.24) is 0 Å². The van der Waals surface area contributed by atoms with E-state index in [4.69, 9.17) is 10.5 Å². The van der Waals surface area contributed by atoms with Crippen LogP contribution in [-0.2, 0) is 0 Å². The first kappa shape index (κ1) is 12.1. The molecule has 0 amide bonds. The molecule has 0 spiro atoms. The van der Waals surface area contributed by atoms with Gasteiger partial charge in [0.25, 0.3) is 0 Å². The molecule has 2 nitrogen and oxygen atoms in total. The fraction of sp³-hybridized carbons (Fsp3) is 0.538. The maximum Gasteiger partial charge on any atom is 0.119 e. The second-order valence-electron chi connectivity index (χ2n) is 4.29. The molecule has 0 radical (unpaired) electrons. The van der Waals surface area contributed by atoms with Gasteiger partial charge in [0, 0.05) is 6.04 Å². The Hall–Kier alpha value is -1.02. The Morgan fingerprint density at radius 1 is 1.33 bits per heavy atom. The Balaban J connectivity index is 2.65. The summed E-state index contributed by atoms with van der Waals surface area (Å²) >= 11 is 0. The Bertz CT molecular complexity index is 296. The van der Waals surface area contributed by atoms with Crippen LogP contribution in [0.4, 0.5) is 0 Å². The summed E-state index contributed by atoms with van der Waals surface area (Å²) in [6.45, 7) is 7.13. The number of nitrogens with two attached hydrogens (primary N) is 1. The Labute approximate surface area is 92.4 Å². The first-order chi connectivity index (χ1) is 7.13. The molecule has 2 N–H and O–H groups in total. The summed E-state index contributed by atoms with van der Waals surface area (Å²) in [5, 5.41) is 0. The fourth-order valence-electron chi connectivity index (χ4n) is 1.33. The molecule has 1 rings (SSSR count). The number of benzene rings is 1. The van der Waals surface area contributed by atoms with E-state index >= 15 is 0 Å². The molecule has 0 saturated heterocycles. The van der Waals surface area contributed by atoms with Gasteiger partial charge in [0.15, 0.2) is 0 Å². The monoisotopic (exact) mass is 207 g/mol. The van der Waals surface area contributed by atoms with Crippen molar-refractivity contribution >= 4 is 0 Å². The molecule has 0 fully saturated rings. The molecule has 15 heavy (non-hydrogen) atoms. The van der Waals surface area contributed by atoms with Crippen molar-refractivity contribution in [3.63, 3.8) is 0 Å². The van der Waals surface area contributed by atoms with Crippen molar-refractivity contribution in [2.24, 2.45) is 11.7 Å². The molecule has 0 aliphatic rings. The van der Waals surface area contributed by atoms with E-state index in [9.17, 15) is 0 Å². The molecule has 0 aliphatic heterocycles. The molecule has 1 atom stereocenters. The summed E-state index contributed by atoms with van der Waals surface area (Å²) in [7, 11) is 0. The third kappa shape index (κ3) is 3.92. The zero-order valence-electron chi connectivity index (χ0n) is 9.86. The molecule has 0 heterocycles. The van der Waals surface area contributed by atoms with Crippen LogP contribution in [0.25, 0.3) is 0 Å². The maximum absolute atomic E-state index is 5.96. The predicted molar refractivity (Wildman–Crippen MR) is 64.0 cm³/mol. The van der Waals surface area contributed by atoms with Gasteiger partial charge in [-0.05, 0) is 30.0 Å². The van der Waals surface area contributed by atoms with E-state index in [2.05, 4.69) is 26.8 Å². The topological polar surface area (TPSA) is 35.2 Å². The number of hydrogen-bond acceptors (Lipinski definition) is 2. The third-order valence-corrected chi connectivity index (χ3v) is 2.31. The zero-order chi connectivity index (χ0) is 11.3. The minimum atomic E-state index is 0.118. The highest BCUT2D eigenvalue weighted by Crippen LogP contribution is 2.20. The first-order valence-electron chi connectivity index (χ1n) is 5.61. The van der Waals surface area contributed by atoms with Gasteiger partial charge in [-0.2, -0.15) is 0 Å². The van der Waals surface area contributed by atoms with E-state index in [0.717, 1.165) is 24.3 Å². The molecule has 1 aromatic carbocycles. The molecule has 1 unspecified atom stereocenters. The highest BCUT2D eigenvalue weighted by molar-refractivity contribution is 5.30. The van der Waals surface area contributed by atoms with E-state index < -0.39 is 0 Å². The molecular weight excluding hydrogens is 186 g/mol. The van der Waals surface area contributed by atoms with Crippen LogP contribution in [0.3, 0.4) is 0 Å². The predicted octanol–water partition coefficient (Wildman–Crippen LogP) is 3.13. The van der Waals surface area contributed by atoms with Gasteiger partial charge in [-0.3, -0.25) is 0 Å². The minimum absolute atomic E-state index is 0.118. The normalized spacial score (nSPS) is 12.9. The van der Waals surface area contributed by atoms with Crippen LogP contribution in [0.5, 0.6) is 5.75 Å². The van der Waals surface area contributed by atoms with E-state index in [1.165, 1.54) is 0 Å². The lowest BCUT2D eigenvalue weighted by molar-refractivity contribution is 0.270. The summed E-state index contributed by atoms with van der Waals surface area (Å²) in [5.41, 5.74) is 7.12. The maximum atomic E-state index is 5.96. The lowest BCUT2D eigenvalue weighted by atomic mass is 10.1. The van der Waals surface area contributed by atoms with Gasteiger partial charge in [0.1, 0.15) is 5.75 Å². The summed E-state index contributed by atoms with van der Waals surface area (Å²) in [6.07, 6.45) is 0.952. The van der Waals surface area contributed by atoms with E-state index in [0.29, 0.717) is 5.92 Å². The van der Waals surface area contributed by atoms with Crippen molar-refractivity contribution in [2.75, 3.05) is 6.61 Å². The summed E-state index contributed by atoms with van der Waals surface area (Å²) < 4.78 is 5.65. The highest BCUT2D eigenvalue weighted by atomic mass is 16.5. The average Bonchev–Trinajstić information content (AvgIpc) is 2.25. The molecule has 84 valence electrons. The Morgan fingerprint density at radius 3 is 2.67 bits per heavy atom. The van der Waals surface area contributed by atoms with E-state index in [1.54, 1.807) is 0 Å². The lowest BCUT2D eigenvalue weighted by Crippen LogP contribution is -2.09. The van der Waals surface area contributed by atoms with Gasteiger partial charge < -0.3 is 10.5 Å². The standard InChI is InChI=1S/C13H21NO/c1-4-13(14)11-6-5-7-12(8-11)15-9-10(2)3/h5-8,10,13H,4,9,14H2,1-3H3. The molecule has 2 heteroatoms. The van der Waals surface area contributed by atoms with Gasteiger partial charge in [-0.1, -0.05) is 32.9 Å². The summed E-state index contributed by atoms with van der Waals surface area (Å²) in [6, 6.07) is 8.19. The number of ether oxygens (including phenoxy) is 1. The van der Waals surface area contributed by atoms with Gasteiger partial charge in [-0.15, -0.1) is 0 Å². The third-order valence-electron chi connectivity index (χ3n) is 2.31. The van der Waals surface area contributed by atoms with Crippen LogP contribution in [-0.4, -0.2) is 6.61 Å². The van der Waals surface area contributed by atoms with Gasteiger partial charge in [-0.25, -0.2) is 0 Å². The van der Waals surface area contributed by atoms with Gasteiger partial charge in [0.2, 0.25) is 0 Å². The van der Waals surface area contributed by atoms with E-state index in [-0.39, 0.29) is 6.04 Å². The fourth-order valence-corrected chi connectivity index (χ4v) is 1.33. The molecule has 0 aromatic heterocycles. The molecule has 0 bridgehead atoms. The zero-order valence-corrected chi connectivity index (χ0v) is 9.86. The molecule has 0 aliphatic carbocycles. The average molecular weight is 207 g/mol. The number of hydrogen-bond donors (Lipinski definition) is 1. The van der Waals surface area contributed by atoms with Crippen LogP contribution in [0.2, 0.25) is 0 Å². The van der Waals surface area contributed by atoms with Crippen molar-refractivity contribution < 1.29 is 4.74 Å². The van der Waals surface area contributed by atoms with Gasteiger partial charge in [0.05, 0.1) is 6.61 Å². The van der Waals surface area contributed by atoms with Crippen LogP contribution >= 0.6 is 0 Å². The highest BCUT2D eigenvalue weighted by Gasteiger charge is 2.04. The summed E-state index contributed by atoms with van der Waals surface area (Å²) in [4.78, 5) is 0. The smallest absolute Gasteiger partial charge is 0.119 e. The van der Waals surface area contributed by atoms with Crippen molar-refractivity contribution in [3.8, 4) is 5.75 Å². The first-order valence-corrected chi connectivity index (χ1v) is 5.61. The van der Waals surface area contributed by atoms with Crippen LogP contribution < -0.4 is 10.5 Å². The Kier molecular flexibility index (Phi) is 4.63. The minimum Gasteiger partial charge on any atom is -0.493 e. The van der Waals surface area contributed by atoms with Crippen molar-refractivity contribution in [3.05, 3.63) is 29.8 Å². The quantitative estimate of drug-likeness (QED) is 0.805. The number of rotatable bonds is 5. The second kappa shape index (κ2) is 5.76. The van der Waals surface area contributed by atoms with Crippen molar-refractivity contribution in [1.29, 1.82) is 0 Å². The van der Waals surface area contributed by atoms with Crippen LogP contribution in [0, 0.1) is 5.92 Å². The Morgan fingerprint density at radius 2 is 2.07 bits per heavy atom. The largest absolute Gasteiger partial charge is 0.493 e. The van der Waals surface area contributed by atoms with E-state index in [1.807, 2.05) is 18.2 Å².